The van der Waals surface area contributed by atoms with Gasteiger partial charge in [0, 0.05) is 10.6 Å². The van der Waals surface area contributed by atoms with Gasteiger partial charge in [0.15, 0.2) is 4.34 Å². The first-order chi connectivity index (χ1) is 13.6. The second kappa shape index (κ2) is 7.95. The standard InChI is InChI=1S/C20H15N3O3S2/c1-12(13-7-3-2-4-8-13)27-20-23-22-19(28-20)21-17(24)15-11-14-9-5-6-10-16(14)26-18(15)25/h2-12H,1H3,(H,21,22,24)/t12-/m1/s1. The number of nitrogens with zero attached hydrogens (tertiary/aromatic N) is 2. The first-order valence-electron chi connectivity index (χ1n) is 8.49. The van der Waals surface area contributed by atoms with Crippen molar-refractivity contribution in [2.24, 2.45) is 0 Å². The molecule has 0 aliphatic carbocycles. The molecule has 28 heavy (non-hydrogen) atoms. The second-order valence-electron chi connectivity index (χ2n) is 5.98. The Morgan fingerprint density at radius 2 is 1.86 bits per heavy atom. The monoisotopic (exact) mass is 409 g/mol. The van der Waals surface area contributed by atoms with Crippen LogP contribution in [-0.2, 0) is 0 Å². The number of anilines is 1. The zero-order valence-corrected chi connectivity index (χ0v) is 16.4. The summed E-state index contributed by atoms with van der Waals surface area (Å²) in [7, 11) is 0. The minimum atomic E-state index is -0.687. The van der Waals surface area contributed by atoms with E-state index in [1.54, 1.807) is 30.0 Å². The molecule has 0 saturated heterocycles. The molecule has 0 spiro atoms. The van der Waals surface area contributed by atoms with Crippen LogP contribution in [0.1, 0.15) is 28.1 Å². The Labute approximate surface area is 168 Å². The van der Waals surface area contributed by atoms with Crippen molar-refractivity contribution in [3.63, 3.8) is 0 Å². The Bertz CT molecular complexity index is 1190. The zero-order valence-electron chi connectivity index (χ0n) is 14.8. The van der Waals surface area contributed by atoms with Gasteiger partial charge in [-0.25, -0.2) is 4.79 Å². The van der Waals surface area contributed by atoms with Gasteiger partial charge < -0.3 is 4.42 Å². The summed E-state index contributed by atoms with van der Waals surface area (Å²) in [5.74, 6) is -0.566. The number of para-hydroxylation sites is 1. The number of hydrogen-bond donors (Lipinski definition) is 1. The summed E-state index contributed by atoms with van der Waals surface area (Å²) < 4.78 is 5.94. The largest absolute Gasteiger partial charge is 0.422 e. The SMILES string of the molecule is C[C@@H](Sc1nnc(NC(=O)c2cc3ccccc3oc2=O)s1)c1ccccc1. The number of benzene rings is 2. The van der Waals surface area contributed by atoms with Crippen molar-refractivity contribution in [2.45, 2.75) is 16.5 Å². The number of hydrogen-bond acceptors (Lipinski definition) is 7. The fourth-order valence-corrected chi connectivity index (χ4v) is 4.65. The molecule has 0 radical (unpaired) electrons. The van der Waals surface area contributed by atoms with Crippen LogP contribution in [0, 0.1) is 0 Å². The Balaban J connectivity index is 1.49. The number of aromatic nitrogens is 2. The molecule has 1 N–H and O–H groups in total. The minimum Gasteiger partial charge on any atom is -0.422 e. The van der Waals surface area contributed by atoms with Crippen molar-refractivity contribution >= 4 is 45.1 Å². The molecule has 0 fully saturated rings. The first kappa shape index (κ1) is 18.4. The van der Waals surface area contributed by atoms with Gasteiger partial charge in [0.2, 0.25) is 5.13 Å². The van der Waals surface area contributed by atoms with E-state index >= 15 is 0 Å². The van der Waals surface area contributed by atoms with Crippen molar-refractivity contribution in [2.75, 3.05) is 5.32 Å². The van der Waals surface area contributed by atoms with E-state index in [1.165, 1.54) is 23.0 Å². The Morgan fingerprint density at radius 3 is 2.68 bits per heavy atom. The number of thioether (sulfide) groups is 1. The number of rotatable bonds is 5. The summed E-state index contributed by atoms with van der Waals surface area (Å²) in [5, 5.41) is 12.0. The highest BCUT2D eigenvalue weighted by molar-refractivity contribution is 8.01. The number of fused-ring (bicyclic) bond motifs is 1. The summed E-state index contributed by atoms with van der Waals surface area (Å²) in [6.07, 6.45) is 0. The van der Waals surface area contributed by atoms with Gasteiger partial charge in [-0.2, -0.15) is 0 Å². The first-order valence-corrected chi connectivity index (χ1v) is 10.2. The zero-order chi connectivity index (χ0) is 19.5. The highest BCUT2D eigenvalue weighted by Gasteiger charge is 2.17. The number of amides is 1. The van der Waals surface area contributed by atoms with Crippen LogP contribution in [0.5, 0.6) is 0 Å². The van der Waals surface area contributed by atoms with E-state index in [-0.39, 0.29) is 10.8 Å². The predicted octanol–water partition coefficient (Wildman–Crippen LogP) is 4.75. The topological polar surface area (TPSA) is 85.1 Å². The fourth-order valence-electron chi connectivity index (χ4n) is 2.64. The van der Waals surface area contributed by atoms with Crippen LogP contribution in [0.25, 0.3) is 11.0 Å². The lowest BCUT2D eigenvalue weighted by Crippen LogP contribution is -2.20. The van der Waals surface area contributed by atoms with Crippen molar-refractivity contribution < 1.29 is 9.21 Å². The van der Waals surface area contributed by atoms with Gasteiger partial charge in [0.05, 0.1) is 0 Å². The summed E-state index contributed by atoms with van der Waals surface area (Å²) in [6.45, 7) is 2.08. The van der Waals surface area contributed by atoms with Gasteiger partial charge in [0.25, 0.3) is 5.91 Å². The molecule has 6 nitrogen and oxygen atoms in total. The third-order valence-corrected chi connectivity index (χ3v) is 6.14. The van der Waals surface area contributed by atoms with Crippen LogP contribution in [0.3, 0.4) is 0 Å². The third-order valence-electron chi connectivity index (χ3n) is 4.06. The molecular weight excluding hydrogens is 394 g/mol. The van der Waals surface area contributed by atoms with Crippen LogP contribution in [-0.4, -0.2) is 16.1 Å². The van der Waals surface area contributed by atoms with E-state index in [9.17, 15) is 9.59 Å². The van der Waals surface area contributed by atoms with Gasteiger partial charge in [0.1, 0.15) is 11.1 Å². The molecule has 8 heteroatoms. The van der Waals surface area contributed by atoms with Crippen LogP contribution in [0.2, 0.25) is 0 Å². The van der Waals surface area contributed by atoms with Gasteiger partial charge in [-0.05, 0) is 24.6 Å². The smallest absolute Gasteiger partial charge is 0.349 e. The number of nitrogens with one attached hydrogen (secondary N) is 1. The van der Waals surface area contributed by atoms with Gasteiger partial charge >= 0.3 is 5.63 Å². The van der Waals surface area contributed by atoms with Crippen molar-refractivity contribution in [3.05, 3.63) is 82.2 Å². The average molecular weight is 409 g/mol. The molecule has 0 aliphatic rings. The minimum absolute atomic E-state index is 0.0687. The predicted molar refractivity (Wildman–Crippen MR) is 111 cm³/mol. The normalized spacial score (nSPS) is 12.0. The maximum Gasteiger partial charge on any atom is 0.349 e. The van der Waals surface area contributed by atoms with Crippen LogP contribution in [0.15, 0.2) is 74.2 Å². The summed E-state index contributed by atoms with van der Waals surface area (Å²) >= 11 is 2.82. The molecule has 2 aromatic heterocycles. The highest BCUT2D eigenvalue weighted by atomic mass is 32.2. The fraction of sp³-hybridized carbons (Fsp3) is 0.100. The van der Waals surface area contributed by atoms with E-state index in [0.29, 0.717) is 16.1 Å². The summed E-state index contributed by atoms with van der Waals surface area (Å²) in [4.78, 5) is 24.6. The van der Waals surface area contributed by atoms with Crippen LogP contribution < -0.4 is 10.9 Å². The van der Waals surface area contributed by atoms with Gasteiger partial charge in [-0.1, -0.05) is 71.6 Å². The average Bonchev–Trinajstić information content (AvgIpc) is 3.14. The molecule has 2 aromatic carbocycles. The molecule has 1 amide bonds. The lowest BCUT2D eigenvalue weighted by molar-refractivity contribution is 0.102. The van der Waals surface area contributed by atoms with Gasteiger partial charge in [-0.15, -0.1) is 10.2 Å². The quantitative estimate of drug-likeness (QED) is 0.291. The van der Waals surface area contributed by atoms with Crippen LogP contribution >= 0.6 is 23.1 Å². The number of carbonyl (C=O) groups excluding carboxylic acids is 1. The van der Waals surface area contributed by atoms with Gasteiger partial charge in [-0.3, -0.25) is 10.1 Å². The maximum absolute atomic E-state index is 12.5. The molecule has 1 atom stereocenters. The highest BCUT2D eigenvalue weighted by Crippen LogP contribution is 2.37. The molecule has 4 aromatic rings. The van der Waals surface area contributed by atoms with E-state index in [1.807, 2.05) is 24.3 Å². The number of carbonyl (C=O) groups is 1. The maximum atomic E-state index is 12.5. The lowest BCUT2D eigenvalue weighted by Gasteiger charge is -2.08. The molecule has 4 rings (SSSR count). The molecule has 0 aliphatic heterocycles. The molecule has 0 saturated carbocycles. The second-order valence-corrected chi connectivity index (χ2v) is 8.55. The third kappa shape index (κ3) is 3.97. The Kier molecular flexibility index (Phi) is 5.23. The van der Waals surface area contributed by atoms with E-state index in [2.05, 4.69) is 34.6 Å². The summed E-state index contributed by atoms with van der Waals surface area (Å²) in [5.41, 5.74) is 0.865. The lowest BCUT2D eigenvalue weighted by atomic mass is 10.2. The van der Waals surface area contributed by atoms with Crippen LogP contribution in [0.4, 0.5) is 5.13 Å². The van der Waals surface area contributed by atoms with Crippen molar-refractivity contribution in [3.8, 4) is 0 Å². The molecule has 140 valence electrons. The van der Waals surface area contributed by atoms with Crippen molar-refractivity contribution in [1.29, 1.82) is 0 Å². The van der Waals surface area contributed by atoms with E-state index in [0.717, 1.165) is 4.34 Å². The van der Waals surface area contributed by atoms with Crippen molar-refractivity contribution in [1.82, 2.24) is 10.2 Å². The Hall–Kier alpha value is -2.97. The van der Waals surface area contributed by atoms with E-state index < -0.39 is 11.5 Å². The Morgan fingerprint density at radius 1 is 1.11 bits per heavy atom. The van der Waals surface area contributed by atoms with E-state index in [4.69, 9.17) is 4.42 Å². The molecule has 0 bridgehead atoms. The molecule has 0 unspecified atom stereocenters. The molecular formula is C20H15N3O3S2. The summed E-state index contributed by atoms with van der Waals surface area (Å²) in [6, 6.07) is 18.6. The molecule has 2 heterocycles.